The molecule has 1 aromatic rings. The zero-order valence-electron chi connectivity index (χ0n) is 16.9. The number of guanidine groups is 1. The molecule has 4 rings (SSSR count). The highest BCUT2D eigenvalue weighted by molar-refractivity contribution is 6.04. The molecule has 0 saturated carbocycles. The third-order valence-electron chi connectivity index (χ3n) is 5.83. The SMILES string of the molecule is CCCCN1C(C)=CN2C1=NC1C2C(=O)N(Cc2ccccc2C)C(=O)N1C. The first kappa shape index (κ1) is 18.5. The molecule has 3 aliphatic heterocycles. The van der Waals surface area contributed by atoms with Gasteiger partial charge in [0.05, 0.1) is 6.54 Å². The van der Waals surface area contributed by atoms with Crippen LogP contribution >= 0.6 is 0 Å². The van der Waals surface area contributed by atoms with Crippen LogP contribution in [0, 0.1) is 6.92 Å². The number of aliphatic imine (C=N–C) groups is 1. The third kappa shape index (κ3) is 2.77. The number of benzene rings is 1. The minimum atomic E-state index is -0.497. The van der Waals surface area contributed by atoms with Crippen molar-refractivity contribution in [1.82, 2.24) is 19.6 Å². The molecule has 1 fully saturated rings. The van der Waals surface area contributed by atoms with Crippen LogP contribution in [0.25, 0.3) is 0 Å². The topological polar surface area (TPSA) is 59.5 Å². The maximum atomic E-state index is 13.4. The van der Waals surface area contributed by atoms with E-state index in [1.165, 1.54) is 4.90 Å². The number of allylic oxidation sites excluding steroid dienone is 1. The Bertz CT molecular complexity index is 877. The van der Waals surface area contributed by atoms with Gasteiger partial charge in [-0.05, 0) is 31.4 Å². The van der Waals surface area contributed by atoms with Crippen molar-refractivity contribution in [2.24, 2.45) is 4.99 Å². The van der Waals surface area contributed by atoms with E-state index in [1.807, 2.05) is 49.2 Å². The molecule has 0 aromatic heterocycles. The molecule has 1 aromatic carbocycles. The summed E-state index contributed by atoms with van der Waals surface area (Å²) in [5, 5.41) is 0. The lowest BCUT2D eigenvalue weighted by Crippen LogP contribution is -2.63. The largest absolute Gasteiger partial charge is 0.328 e. The van der Waals surface area contributed by atoms with Crippen LogP contribution in [0.3, 0.4) is 0 Å². The molecule has 2 unspecified atom stereocenters. The number of carbonyl (C=O) groups excluding carboxylic acids is 2. The predicted molar refractivity (Wildman–Crippen MR) is 107 cm³/mol. The molecular weight excluding hydrogens is 354 g/mol. The first-order valence-electron chi connectivity index (χ1n) is 9.88. The molecule has 0 bridgehead atoms. The maximum absolute atomic E-state index is 13.4. The van der Waals surface area contributed by atoms with Gasteiger partial charge >= 0.3 is 6.03 Å². The fourth-order valence-electron chi connectivity index (χ4n) is 4.10. The zero-order chi connectivity index (χ0) is 20.0. The van der Waals surface area contributed by atoms with Crippen LogP contribution < -0.4 is 0 Å². The summed E-state index contributed by atoms with van der Waals surface area (Å²) in [6.45, 7) is 7.34. The molecule has 3 aliphatic rings. The number of urea groups is 1. The molecular formula is C21H27N5O2. The number of hydrogen-bond acceptors (Lipinski definition) is 5. The highest BCUT2D eigenvalue weighted by Crippen LogP contribution is 2.34. The van der Waals surface area contributed by atoms with Crippen LogP contribution in [-0.4, -0.2) is 63.3 Å². The highest BCUT2D eigenvalue weighted by Gasteiger charge is 2.54. The van der Waals surface area contributed by atoms with Gasteiger partial charge in [0.1, 0.15) is 0 Å². The van der Waals surface area contributed by atoms with Crippen molar-refractivity contribution >= 4 is 17.9 Å². The van der Waals surface area contributed by atoms with Crippen molar-refractivity contribution in [2.75, 3.05) is 13.6 Å². The molecule has 28 heavy (non-hydrogen) atoms. The van der Waals surface area contributed by atoms with E-state index in [2.05, 4.69) is 11.8 Å². The van der Waals surface area contributed by atoms with E-state index < -0.39 is 12.2 Å². The first-order chi connectivity index (χ1) is 13.4. The maximum Gasteiger partial charge on any atom is 0.328 e. The summed E-state index contributed by atoms with van der Waals surface area (Å²) in [6, 6.07) is 7.06. The standard InChI is InChI=1S/C21H27N5O2/c1-5-6-11-24-15(3)12-25-17-18(22-20(24)25)23(4)21(28)26(19(17)27)13-16-10-8-7-9-14(16)2/h7-10,12,17-18H,5-6,11,13H2,1-4H3. The van der Waals surface area contributed by atoms with Crippen molar-refractivity contribution in [3.05, 3.63) is 47.3 Å². The lowest BCUT2D eigenvalue weighted by atomic mass is 10.1. The van der Waals surface area contributed by atoms with Gasteiger partial charge in [-0.3, -0.25) is 9.69 Å². The van der Waals surface area contributed by atoms with Crippen molar-refractivity contribution in [1.29, 1.82) is 0 Å². The van der Waals surface area contributed by atoms with Crippen LogP contribution in [0.2, 0.25) is 0 Å². The molecule has 3 amide bonds. The first-order valence-corrected chi connectivity index (χ1v) is 9.88. The molecule has 0 aliphatic carbocycles. The number of rotatable bonds is 5. The summed E-state index contributed by atoms with van der Waals surface area (Å²) < 4.78 is 0. The number of hydrogen-bond donors (Lipinski definition) is 0. The number of nitrogens with zero attached hydrogens (tertiary/aromatic N) is 5. The Morgan fingerprint density at radius 1 is 1.11 bits per heavy atom. The number of imide groups is 1. The van der Waals surface area contributed by atoms with Crippen LogP contribution in [0.15, 0.2) is 41.2 Å². The van der Waals surface area contributed by atoms with E-state index in [0.717, 1.165) is 42.2 Å². The number of aryl methyl sites for hydroxylation is 1. The van der Waals surface area contributed by atoms with Gasteiger partial charge < -0.3 is 14.7 Å². The van der Waals surface area contributed by atoms with Gasteiger partial charge in [-0.2, -0.15) is 0 Å². The molecule has 0 spiro atoms. The van der Waals surface area contributed by atoms with Crippen LogP contribution in [0.5, 0.6) is 0 Å². The highest BCUT2D eigenvalue weighted by atomic mass is 16.2. The van der Waals surface area contributed by atoms with Gasteiger partial charge in [-0.25, -0.2) is 9.79 Å². The summed E-state index contributed by atoms with van der Waals surface area (Å²) in [6.07, 6.45) is 3.66. The second kappa shape index (κ2) is 6.96. The number of fused-ring (bicyclic) bond motifs is 3. The Morgan fingerprint density at radius 2 is 1.86 bits per heavy atom. The van der Waals surface area contributed by atoms with E-state index in [0.29, 0.717) is 0 Å². The Balaban J connectivity index is 1.62. The second-order valence-electron chi connectivity index (χ2n) is 7.71. The van der Waals surface area contributed by atoms with Gasteiger partial charge in [-0.15, -0.1) is 0 Å². The van der Waals surface area contributed by atoms with E-state index in [9.17, 15) is 9.59 Å². The molecule has 2 atom stereocenters. The fourth-order valence-corrected chi connectivity index (χ4v) is 4.10. The number of amides is 3. The Morgan fingerprint density at radius 3 is 2.57 bits per heavy atom. The van der Waals surface area contributed by atoms with Gasteiger partial charge in [0, 0.05) is 25.5 Å². The predicted octanol–water partition coefficient (Wildman–Crippen LogP) is 2.73. The van der Waals surface area contributed by atoms with E-state index in [1.54, 1.807) is 11.9 Å². The second-order valence-corrected chi connectivity index (χ2v) is 7.71. The summed E-state index contributed by atoms with van der Waals surface area (Å²) in [5.74, 6) is 0.600. The monoisotopic (exact) mass is 381 g/mol. The molecule has 3 heterocycles. The lowest BCUT2D eigenvalue weighted by Gasteiger charge is -2.40. The van der Waals surface area contributed by atoms with Crippen molar-refractivity contribution in [3.63, 3.8) is 0 Å². The summed E-state index contributed by atoms with van der Waals surface area (Å²) >= 11 is 0. The fraction of sp³-hybridized carbons (Fsp3) is 0.476. The van der Waals surface area contributed by atoms with Crippen LogP contribution in [0.1, 0.15) is 37.8 Å². The number of unbranched alkanes of at least 4 members (excludes halogenated alkanes) is 1. The van der Waals surface area contributed by atoms with Gasteiger partial charge in [-0.1, -0.05) is 37.6 Å². The van der Waals surface area contributed by atoms with Crippen molar-refractivity contribution in [3.8, 4) is 0 Å². The molecule has 7 nitrogen and oxygen atoms in total. The average Bonchev–Trinajstić information content (AvgIpc) is 3.18. The van der Waals surface area contributed by atoms with Gasteiger partial charge in [0.15, 0.2) is 12.2 Å². The van der Waals surface area contributed by atoms with E-state index in [-0.39, 0.29) is 18.5 Å². The van der Waals surface area contributed by atoms with Crippen molar-refractivity contribution < 1.29 is 9.59 Å². The summed E-state index contributed by atoms with van der Waals surface area (Å²) in [5.41, 5.74) is 3.13. The minimum absolute atomic E-state index is 0.184. The number of carbonyl (C=O) groups is 2. The minimum Gasteiger partial charge on any atom is -0.315 e. The summed E-state index contributed by atoms with van der Waals surface area (Å²) in [4.78, 5) is 38.1. The smallest absolute Gasteiger partial charge is 0.315 e. The summed E-state index contributed by atoms with van der Waals surface area (Å²) in [7, 11) is 1.73. The molecule has 0 N–H and O–H groups in total. The quantitative estimate of drug-likeness (QED) is 0.787. The van der Waals surface area contributed by atoms with Crippen LogP contribution in [-0.2, 0) is 11.3 Å². The van der Waals surface area contributed by atoms with Gasteiger partial charge in [0.2, 0.25) is 5.96 Å². The lowest BCUT2D eigenvalue weighted by molar-refractivity contribution is -0.137. The molecule has 1 saturated heterocycles. The Kier molecular flexibility index (Phi) is 4.61. The average molecular weight is 381 g/mol. The van der Waals surface area contributed by atoms with Crippen molar-refractivity contribution in [2.45, 2.75) is 52.4 Å². The molecule has 0 radical (unpaired) electrons. The van der Waals surface area contributed by atoms with Crippen LogP contribution in [0.4, 0.5) is 4.79 Å². The number of likely N-dealkylation sites (N-methyl/N-ethyl adjacent to an activating group) is 1. The normalized spacial score (nSPS) is 23.9. The van der Waals surface area contributed by atoms with E-state index >= 15 is 0 Å². The zero-order valence-corrected chi connectivity index (χ0v) is 16.9. The molecule has 7 heteroatoms. The Hall–Kier alpha value is -2.83. The third-order valence-corrected chi connectivity index (χ3v) is 5.83. The van der Waals surface area contributed by atoms with E-state index in [4.69, 9.17) is 4.99 Å². The van der Waals surface area contributed by atoms with Gasteiger partial charge in [0.25, 0.3) is 5.91 Å². The molecule has 148 valence electrons. The Labute approximate surface area is 165 Å².